The summed E-state index contributed by atoms with van der Waals surface area (Å²) in [4.78, 5) is 14.6. The van der Waals surface area contributed by atoms with Gasteiger partial charge in [-0.3, -0.25) is 4.79 Å². The molecule has 0 amide bonds. The second kappa shape index (κ2) is 6.50. The lowest BCUT2D eigenvalue weighted by molar-refractivity contribution is 0.0384. The lowest BCUT2D eigenvalue weighted by Gasteiger charge is -2.34. The summed E-state index contributed by atoms with van der Waals surface area (Å²) in [6.07, 6.45) is 2.76. The Morgan fingerprint density at radius 3 is 2.86 bits per heavy atom. The van der Waals surface area contributed by atoms with E-state index in [1.807, 2.05) is 30.3 Å². The number of rotatable bonds is 3. The lowest BCUT2D eigenvalue weighted by Crippen LogP contribution is -2.43. The molecular weight excluding hydrogens is 302 g/mol. The molecule has 0 aliphatic carbocycles. The fourth-order valence-electron chi connectivity index (χ4n) is 2.58. The number of para-hydroxylation sites is 1. The van der Waals surface area contributed by atoms with Crippen LogP contribution in [-0.4, -0.2) is 35.6 Å². The first-order valence-electron chi connectivity index (χ1n) is 7.40. The van der Waals surface area contributed by atoms with Crippen molar-refractivity contribution in [1.29, 1.82) is 0 Å². The Morgan fingerprint density at radius 1 is 1.36 bits per heavy atom. The number of hydrogen-bond donors (Lipinski definition) is 0. The maximum Gasteiger partial charge on any atom is 0.292 e. The van der Waals surface area contributed by atoms with Crippen molar-refractivity contribution in [2.24, 2.45) is 0 Å². The first-order valence-corrected chi connectivity index (χ1v) is 7.78. The Labute approximate surface area is 134 Å². The molecule has 0 N–H and O–H groups in total. The van der Waals surface area contributed by atoms with Crippen molar-refractivity contribution in [2.75, 3.05) is 24.6 Å². The zero-order valence-electron chi connectivity index (χ0n) is 12.4. The standard InChI is InChI=1S/C16H18ClN3O2/c1-2-13-11-19(8-9-22-13)14-10-18-20(16(21)15(14)17)12-6-4-3-5-7-12/h3-7,10,13H,2,8-9,11H2,1H3/t13-/m0/s1. The second-order valence-corrected chi connectivity index (χ2v) is 5.62. The monoisotopic (exact) mass is 319 g/mol. The van der Waals surface area contributed by atoms with Gasteiger partial charge < -0.3 is 9.64 Å². The van der Waals surface area contributed by atoms with E-state index in [0.717, 1.165) is 13.0 Å². The Hall–Kier alpha value is -1.85. The fraction of sp³-hybridized carbons (Fsp3) is 0.375. The van der Waals surface area contributed by atoms with E-state index in [4.69, 9.17) is 16.3 Å². The summed E-state index contributed by atoms with van der Waals surface area (Å²) in [6.45, 7) is 4.16. The van der Waals surface area contributed by atoms with E-state index < -0.39 is 0 Å². The van der Waals surface area contributed by atoms with E-state index in [9.17, 15) is 4.79 Å². The molecule has 2 aromatic rings. The van der Waals surface area contributed by atoms with Crippen LogP contribution >= 0.6 is 11.6 Å². The van der Waals surface area contributed by atoms with E-state index in [0.29, 0.717) is 24.5 Å². The molecule has 0 bridgehead atoms. The van der Waals surface area contributed by atoms with Crippen molar-refractivity contribution in [3.63, 3.8) is 0 Å². The summed E-state index contributed by atoms with van der Waals surface area (Å²) in [6, 6.07) is 9.26. The minimum Gasteiger partial charge on any atom is -0.375 e. The third-order valence-electron chi connectivity index (χ3n) is 3.84. The minimum absolute atomic E-state index is 0.168. The van der Waals surface area contributed by atoms with Crippen LogP contribution in [0.1, 0.15) is 13.3 Å². The Kier molecular flexibility index (Phi) is 4.45. The van der Waals surface area contributed by atoms with Crippen molar-refractivity contribution in [3.8, 4) is 5.69 Å². The number of nitrogens with zero attached hydrogens (tertiary/aromatic N) is 3. The molecule has 1 saturated heterocycles. The molecule has 1 aromatic carbocycles. The molecule has 1 aliphatic rings. The molecule has 0 spiro atoms. The highest BCUT2D eigenvalue weighted by molar-refractivity contribution is 6.33. The van der Waals surface area contributed by atoms with Crippen LogP contribution in [0.2, 0.25) is 5.02 Å². The fourth-order valence-corrected chi connectivity index (χ4v) is 2.83. The molecule has 1 aromatic heterocycles. The molecule has 116 valence electrons. The summed E-state index contributed by atoms with van der Waals surface area (Å²) in [7, 11) is 0. The molecule has 22 heavy (non-hydrogen) atoms. The number of benzene rings is 1. The number of hydrogen-bond acceptors (Lipinski definition) is 4. The molecule has 0 radical (unpaired) electrons. The summed E-state index contributed by atoms with van der Waals surface area (Å²) in [5.41, 5.74) is 1.08. The number of morpholine rings is 1. The summed E-state index contributed by atoms with van der Waals surface area (Å²) < 4.78 is 6.98. The summed E-state index contributed by atoms with van der Waals surface area (Å²) >= 11 is 6.32. The van der Waals surface area contributed by atoms with Crippen LogP contribution in [0.15, 0.2) is 41.3 Å². The average Bonchev–Trinajstić information content (AvgIpc) is 2.58. The Morgan fingerprint density at radius 2 is 2.14 bits per heavy atom. The highest BCUT2D eigenvalue weighted by Gasteiger charge is 2.23. The SMILES string of the molecule is CC[C@H]1CN(c2cnn(-c3ccccc3)c(=O)c2Cl)CCO1. The van der Waals surface area contributed by atoms with E-state index in [1.165, 1.54) is 4.68 Å². The number of anilines is 1. The van der Waals surface area contributed by atoms with E-state index in [-0.39, 0.29) is 16.7 Å². The van der Waals surface area contributed by atoms with Gasteiger partial charge in [0.2, 0.25) is 0 Å². The van der Waals surface area contributed by atoms with Crippen LogP contribution in [0.5, 0.6) is 0 Å². The van der Waals surface area contributed by atoms with Gasteiger partial charge in [-0.05, 0) is 18.6 Å². The van der Waals surface area contributed by atoms with Crippen LogP contribution in [0, 0.1) is 0 Å². The van der Waals surface area contributed by atoms with Gasteiger partial charge in [-0.25, -0.2) is 0 Å². The van der Waals surface area contributed by atoms with Crippen LogP contribution in [0.4, 0.5) is 5.69 Å². The summed E-state index contributed by atoms with van der Waals surface area (Å²) in [5, 5.41) is 4.48. The Balaban J connectivity index is 1.95. The molecule has 5 nitrogen and oxygen atoms in total. The topological polar surface area (TPSA) is 47.4 Å². The maximum absolute atomic E-state index is 12.5. The zero-order chi connectivity index (χ0) is 15.5. The summed E-state index contributed by atoms with van der Waals surface area (Å²) in [5.74, 6) is 0. The predicted octanol–water partition coefficient (Wildman–Crippen LogP) is 2.50. The Bertz CT molecular complexity index is 702. The molecular formula is C16H18ClN3O2. The van der Waals surface area contributed by atoms with Crippen molar-refractivity contribution >= 4 is 17.3 Å². The molecule has 0 unspecified atom stereocenters. The third-order valence-corrected chi connectivity index (χ3v) is 4.19. The largest absolute Gasteiger partial charge is 0.375 e. The van der Waals surface area contributed by atoms with Gasteiger partial charge in [-0.15, -0.1) is 0 Å². The third kappa shape index (κ3) is 2.87. The minimum atomic E-state index is -0.301. The first-order chi connectivity index (χ1) is 10.7. The van der Waals surface area contributed by atoms with Gasteiger partial charge in [-0.1, -0.05) is 36.7 Å². The molecule has 1 aliphatic heterocycles. The van der Waals surface area contributed by atoms with Gasteiger partial charge in [0.1, 0.15) is 5.02 Å². The van der Waals surface area contributed by atoms with Crippen molar-refractivity contribution in [1.82, 2.24) is 9.78 Å². The van der Waals surface area contributed by atoms with Crippen LogP contribution in [0.3, 0.4) is 0 Å². The average molecular weight is 320 g/mol. The van der Waals surface area contributed by atoms with E-state index >= 15 is 0 Å². The van der Waals surface area contributed by atoms with Crippen molar-refractivity contribution in [2.45, 2.75) is 19.4 Å². The second-order valence-electron chi connectivity index (χ2n) is 5.24. The van der Waals surface area contributed by atoms with E-state index in [2.05, 4.69) is 16.9 Å². The van der Waals surface area contributed by atoms with Crippen LogP contribution < -0.4 is 10.5 Å². The smallest absolute Gasteiger partial charge is 0.292 e. The first kappa shape index (κ1) is 15.1. The number of halogens is 1. The highest BCUT2D eigenvalue weighted by Crippen LogP contribution is 2.24. The van der Waals surface area contributed by atoms with Gasteiger partial charge in [0, 0.05) is 13.1 Å². The molecule has 3 rings (SSSR count). The normalized spacial score (nSPS) is 18.5. The molecule has 1 fully saturated rings. The molecule has 1 atom stereocenters. The molecule has 2 heterocycles. The lowest BCUT2D eigenvalue weighted by atomic mass is 10.2. The highest BCUT2D eigenvalue weighted by atomic mass is 35.5. The van der Waals surface area contributed by atoms with Gasteiger partial charge in [0.15, 0.2) is 0 Å². The van der Waals surface area contributed by atoms with Gasteiger partial charge in [0.05, 0.1) is 30.3 Å². The number of ether oxygens (including phenoxy) is 1. The van der Waals surface area contributed by atoms with Crippen LogP contribution in [0.25, 0.3) is 5.69 Å². The van der Waals surface area contributed by atoms with E-state index in [1.54, 1.807) is 6.20 Å². The zero-order valence-corrected chi connectivity index (χ0v) is 13.2. The van der Waals surface area contributed by atoms with Gasteiger partial charge in [0.25, 0.3) is 5.56 Å². The van der Waals surface area contributed by atoms with Gasteiger partial charge in [-0.2, -0.15) is 9.78 Å². The predicted molar refractivity (Wildman–Crippen MR) is 87.1 cm³/mol. The quantitative estimate of drug-likeness (QED) is 0.872. The maximum atomic E-state index is 12.5. The molecule has 0 saturated carbocycles. The van der Waals surface area contributed by atoms with Crippen molar-refractivity contribution in [3.05, 3.63) is 51.9 Å². The molecule has 6 heteroatoms. The van der Waals surface area contributed by atoms with Crippen molar-refractivity contribution < 1.29 is 4.74 Å². The number of aromatic nitrogens is 2. The van der Waals surface area contributed by atoms with Gasteiger partial charge >= 0.3 is 0 Å². The van der Waals surface area contributed by atoms with Crippen LogP contribution in [-0.2, 0) is 4.74 Å².